The monoisotopic (exact) mass is 423 g/mol. The highest BCUT2D eigenvalue weighted by Crippen LogP contribution is 2.12. The molecule has 1 aromatic carbocycles. The molecule has 0 bridgehead atoms. The van der Waals surface area contributed by atoms with Gasteiger partial charge in [-0.3, -0.25) is 4.99 Å². The van der Waals surface area contributed by atoms with Gasteiger partial charge in [0.15, 0.2) is 5.96 Å². The van der Waals surface area contributed by atoms with E-state index in [4.69, 9.17) is 4.74 Å². The Morgan fingerprint density at radius 1 is 1.19 bits per heavy atom. The third-order valence-corrected chi connectivity index (χ3v) is 3.78. The van der Waals surface area contributed by atoms with Crippen molar-refractivity contribution in [3.05, 3.63) is 35.4 Å². The molecule has 0 radical (unpaired) electrons. The maximum atomic E-state index is 4.99. The molecule has 4 nitrogen and oxygen atoms in total. The van der Waals surface area contributed by atoms with Gasteiger partial charge in [-0.25, -0.2) is 0 Å². The van der Waals surface area contributed by atoms with Crippen molar-refractivity contribution in [2.75, 3.05) is 39.6 Å². The fourth-order valence-corrected chi connectivity index (χ4v) is 2.43. The van der Waals surface area contributed by atoms with Crippen LogP contribution in [-0.4, -0.2) is 45.6 Å². The van der Waals surface area contributed by atoms with E-state index in [1.807, 2.05) is 11.8 Å². The van der Waals surface area contributed by atoms with Crippen molar-refractivity contribution in [3.63, 3.8) is 0 Å². The second-order valence-corrected chi connectivity index (χ2v) is 5.56. The Morgan fingerprint density at radius 3 is 2.48 bits per heavy atom. The third kappa shape index (κ3) is 9.97. The molecular formula is C15H26IN3OS. The molecule has 0 aromatic heterocycles. The highest BCUT2D eigenvalue weighted by molar-refractivity contribution is 14.0. The Morgan fingerprint density at radius 2 is 1.86 bits per heavy atom. The SMILES string of the molecule is CN=C(NCCOC)NCCSCc1ccc(C)cc1.I. The first-order chi connectivity index (χ1) is 9.76. The van der Waals surface area contributed by atoms with Gasteiger partial charge >= 0.3 is 0 Å². The molecule has 0 saturated carbocycles. The van der Waals surface area contributed by atoms with E-state index in [1.165, 1.54) is 11.1 Å². The van der Waals surface area contributed by atoms with Crippen LogP contribution >= 0.6 is 35.7 Å². The van der Waals surface area contributed by atoms with Crippen LogP contribution in [0.3, 0.4) is 0 Å². The van der Waals surface area contributed by atoms with E-state index in [0.717, 1.165) is 30.6 Å². The van der Waals surface area contributed by atoms with Crippen LogP contribution in [0.5, 0.6) is 0 Å². The standard InChI is InChI=1S/C15H25N3OS.HI/c1-13-4-6-14(7-5-13)12-20-11-9-18-15(16-2)17-8-10-19-3;/h4-7H,8-12H2,1-3H3,(H2,16,17,18);1H. The zero-order valence-corrected chi connectivity index (χ0v) is 16.2. The molecule has 6 heteroatoms. The molecule has 0 atom stereocenters. The fraction of sp³-hybridized carbons (Fsp3) is 0.533. The quantitative estimate of drug-likeness (QED) is 0.292. The number of ether oxygens (including phenoxy) is 1. The van der Waals surface area contributed by atoms with Gasteiger partial charge in [-0.1, -0.05) is 29.8 Å². The van der Waals surface area contributed by atoms with Gasteiger partial charge in [-0.2, -0.15) is 11.8 Å². The number of aryl methyl sites for hydroxylation is 1. The molecule has 0 amide bonds. The lowest BCUT2D eigenvalue weighted by atomic mass is 10.2. The van der Waals surface area contributed by atoms with Crippen LogP contribution in [0.1, 0.15) is 11.1 Å². The van der Waals surface area contributed by atoms with Gasteiger partial charge in [-0.05, 0) is 12.5 Å². The van der Waals surface area contributed by atoms with Gasteiger partial charge in [-0.15, -0.1) is 24.0 Å². The number of guanidine groups is 1. The minimum absolute atomic E-state index is 0. The number of aliphatic imine (C=N–C) groups is 1. The minimum Gasteiger partial charge on any atom is -0.383 e. The third-order valence-electron chi connectivity index (χ3n) is 2.75. The molecule has 0 aliphatic heterocycles. The van der Waals surface area contributed by atoms with E-state index in [9.17, 15) is 0 Å². The van der Waals surface area contributed by atoms with Crippen molar-refractivity contribution in [1.82, 2.24) is 10.6 Å². The van der Waals surface area contributed by atoms with Crippen LogP contribution in [0, 0.1) is 6.92 Å². The number of hydrogen-bond acceptors (Lipinski definition) is 3. The molecule has 0 aliphatic carbocycles. The molecule has 1 aromatic rings. The largest absolute Gasteiger partial charge is 0.383 e. The zero-order valence-electron chi connectivity index (χ0n) is 13.0. The Balaban J connectivity index is 0.00000400. The molecule has 21 heavy (non-hydrogen) atoms. The first-order valence-corrected chi connectivity index (χ1v) is 7.98. The topological polar surface area (TPSA) is 45.7 Å². The number of thioether (sulfide) groups is 1. The summed E-state index contributed by atoms with van der Waals surface area (Å²) < 4.78 is 4.99. The fourth-order valence-electron chi connectivity index (χ4n) is 1.61. The van der Waals surface area contributed by atoms with E-state index >= 15 is 0 Å². The Kier molecular flexibility index (Phi) is 12.9. The molecule has 1 rings (SSSR count). The van der Waals surface area contributed by atoms with Crippen LogP contribution in [0.2, 0.25) is 0 Å². The van der Waals surface area contributed by atoms with E-state index in [2.05, 4.69) is 46.8 Å². The van der Waals surface area contributed by atoms with Crippen LogP contribution < -0.4 is 10.6 Å². The normalized spacial score (nSPS) is 10.9. The van der Waals surface area contributed by atoms with E-state index < -0.39 is 0 Å². The lowest BCUT2D eigenvalue weighted by Gasteiger charge is -2.11. The van der Waals surface area contributed by atoms with Gasteiger partial charge in [0.2, 0.25) is 0 Å². The van der Waals surface area contributed by atoms with Gasteiger partial charge in [0, 0.05) is 38.8 Å². The Labute approximate surface area is 149 Å². The number of benzene rings is 1. The van der Waals surface area contributed by atoms with E-state index in [1.54, 1.807) is 14.2 Å². The lowest BCUT2D eigenvalue weighted by Crippen LogP contribution is -2.39. The zero-order chi connectivity index (χ0) is 14.6. The predicted octanol–water partition coefficient (Wildman–Crippen LogP) is 2.66. The van der Waals surface area contributed by atoms with Crippen LogP contribution in [-0.2, 0) is 10.5 Å². The summed E-state index contributed by atoms with van der Waals surface area (Å²) in [5.74, 6) is 2.94. The van der Waals surface area contributed by atoms with Crippen molar-refractivity contribution in [3.8, 4) is 0 Å². The first kappa shape index (κ1) is 20.5. The summed E-state index contributed by atoms with van der Waals surface area (Å²) in [4.78, 5) is 4.15. The lowest BCUT2D eigenvalue weighted by molar-refractivity contribution is 0.203. The summed E-state index contributed by atoms with van der Waals surface area (Å²) in [6.07, 6.45) is 0. The first-order valence-electron chi connectivity index (χ1n) is 6.83. The second kappa shape index (κ2) is 13.2. The van der Waals surface area contributed by atoms with E-state index in [0.29, 0.717) is 6.61 Å². The summed E-state index contributed by atoms with van der Waals surface area (Å²) >= 11 is 1.92. The molecule has 120 valence electrons. The summed E-state index contributed by atoms with van der Waals surface area (Å²) in [6, 6.07) is 8.72. The number of nitrogens with zero attached hydrogens (tertiary/aromatic N) is 1. The molecule has 0 aliphatic rings. The highest BCUT2D eigenvalue weighted by Gasteiger charge is 1.97. The minimum atomic E-state index is 0. The van der Waals surface area contributed by atoms with Crippen LogP contribution in [0.25, 0.3) is 0 Å². The number of methoxy groups -OCH3 is 1. The average molecular weight is 423 g/mol. The summed E-state index contributed by atoms with van der Waals surface area (Å²) in [5, 5.41) is 6.48. The van der Waals surface area contributed by atoms with Gasteiger partial charge < -0.3 is 15.4 Å². The molecule has 0 spiro atoms. The summed E-state index contributed by atoms with van der Waals surface area (Å²) in [7, 11) is 3.47. The second-order valence-electron chi connectivity index (χ2n) is 4.46. The maximum absolute atomic E-state index is 4.99. The Bertz CT molecular complexity index is 398. The van der Waals surface area contributed by atoms with Crippen LogP contribution in [0.15, 0.2) is 29.3 Å². The number of rotatable bonds is 8. The van der Waals surface area contributed by atoms with Gasteiger partial charge in [0.25, 0.3) is 0 Å². The van der Waals surface area contributed by atoms with E-state index in [-0.39, 0.29) is 24.0 Å². The summed E-state index contributed by atoms with van der Waals surface area (Å²) in [5.41, 5.74) is 2.69. The van der Waals surface area contributed by atoms with Crippen molar-refractivity contribution in [2.45, 2.75) is 12.7 Å². The maximum Gasteiger partial charge on any atom is 0.191 e. The molecule has 0 saturated heterocycles. The number of halogens is 1. The molecule has 0 fully saturated rings. The van der Waals surface area contributed by atoms with Crippen LogP contribution in [0.4, 0.5) is 0 Å². The smallest absolute Gasteiger partial charge is 0.191 e. The summed E-state index contributed by atoms with van der Waals surface area (Å²) in [6.45, 7) is 4.47. The molecule has 0 heterocycles. The number of hydrogen-bond donors (Lipinski definition) is 2. The van der Waals surface area contributed by atoms with Gasteiger partial charge in [0.1, 0.15) is 0 Å². The van der Waals surface area contributed by atoms with Crippen molar-refractivity contribution in [2.24, 2.45) is 4.99 Å². The average Bonchev–Trinajstić information content (AvgIpc) is 2.47. The highest BCUT2D eigenvalue weighted by atomic mass is 127. The van der Waals surface area contributed by atoms with Crippen molar-refractivity contribution in [1.29, 1.82) is 0 Å². The van der Waals surface area contributed by atoms with Crippen molar-refractivity contribution >= 4 is 41.7 Å². The van der Waals surface area contributed by atoms with Gasteiger partial charge in [0.05, 0.1) is 6.61 Å². The molecule has 0 unspecified atom stereocenters. The number of nitrogens with one attached hydrogen (secondary N) is 2. The molecular weight excluding hydrogens is 397 g/mol. The Hall–Kier alpha value is -0.470. The predicted molar refractivity (Wildman–Crippen MR) is 104 cm³/mol. The van der Waals surface area contributed by atoms with Crippen molar-refractivity contribution < 1.29 is 4.74 Å². The molecule has 2 N–H and O–H groups in total.